The monoisotopic (exact) mass is 270 g/mol. The molecule has 8 heteroatoms. The van der Waals surface area contributed by atoms with Crippen LogP contribution in [0.25, 0.3) is 0 Å². The largest absolute Gasteiger partial charge is 0.448 e. The first kappa shape index (κ1) is 11.3. The average molecular weight is 270 g/mol. The zero-order chi connectivity index (χ0) is 12.8. The Hall–Kier alpha value is -0.790. The molecule has 5 atom stereocenters. The van der Waals surface area contributed by atoms with Crippen LogP contribution in [0.2, 0.25) is 0 Å². The van der Waals surface area contributed by atoms with Crippen molar-refractivity contribution in [1.82, 2.24) is 0 Å². The number of esters is 1. The van der Waals surface area contributed by atoms with Gasteiger partial charge in [-0.2, -0.15) is 13.2 Å². The van der Waals surface area contributed by atoms with Crippen molar-refractivity contribution in [3.05, 3.63) is 0 Å². The highest BCUT2D eigenvalue weighted by Crippen LogP contribution is 2.63. The fourth-order valence-corrected chi connectivity index (χ4v) is 6.69. The number of fused-ring (bicyclic) bond motifs is 1. The molecule has 3 fully saturated rings. The van der Waals surface area contributed by atoms with E-state index < -0.39 is 56.3 Å². The quantitative estimate of drug-likeness (QED) is 0.607. The molecule has 3 saturated heterocycles. The van der Waals surface area contributed by atoms with Crippen LogP contribution in [0.4, 0.5) is 13.2 Å². The summed E-state index contributed by atoms with van der Waals surface area (Å²) in [6, 6.07) is 0. The predicted molar refractivity (Wildman–Crippen MR) is 48.6 cm³/mol. The Morgan fingerprint density at radius 1 is 1.41 bits per heavy atom. The molecule has 17 heavy (non-hydrogen) atoms. The number of halogens is 3. The van der Waals surface area contributed by atoms with Crippen molar-refractivity contribution in [2.24, 2.45) is 11.8 Å². The van der Waals surface area contributed by atoms with Crippen LogP contribution in [0.1, 0.15) is 13.3 Å². The van der Waals surface area contributed by atoms with E-state index in [-0.39, 0.29) is 0 Å². The zero-order valence-corrected chi connectivity index (χ0v) is 9.51. The van der Waals surface area contributed by atoms with E-state index in [1.165, 1.54) is 6.92 Å². The molecule has 0 aliphatic carbocycles. The van der Waals surface area contributed by atoms with E-state index in [1.807, 2.05) is 0 Å². The van der Waals surface area contributed by atoms with E-state index >= 15 is 0 Å². The van der Waals surface area contributed by atoms with Crippen molar-refractivity contribution in [2.75, 3.05) is 0 Å². The average Bonchev–Trinajstić information content (AvgIpc) is 2.60. The van der Waals surface area contributed by atoms with Crippen molar-refractivity contribution in [3.8, 4) is 0 Å². The van der Waals surface area contributed by atoms with Gasteiger partial charge in [0.1, 0.15) is 5.25 Å². The highest BCUT2D eigenvalue weighted by molar-refractivity contribution is 7.93. The number of hydrogen-bond acceptors (Lipinski definition) is 4. The van der Waals surface area contributed by atoms with Crippen LogP contribution in [0.15, 0.2) is 0 Å². The Morgan fingerprint density at radius 3 is 2.47 bits per heavy atom. The maximum absolute atomic E-state index is 13.0. The second kappa shape index (κ2) is 2.62. The van der Waals surface area contributed by atoms with Gasteiger partial charge >= 0.3 is 12.1 Å². The minimum Gasteiger partial charge on any atom is -0.448 e. The number of alkyl halides is 3. The van der Waals surface area contributed by atoms with Crippen LogP contribution in [-0.4, -0.2) is 36.7 Å². The third-order valence-electron chi connectivity index (χ3n) is 4.25. The number of ether oxygens (including phenoxy) is 1. The molecule has 3 rings (SSSR count). The zero-order valence-electron chi connectivity index (χ0n) is 8.69. The molecule has 0 N–H and O–H groups in total. The lowest BCUT2D eigenvalue weighted by molar-refractivity contribution is -0.257. The van der Waals surface area contributed by atoms with E-state index in [1.54, 1.807) is 0 Å². The van der Waals surface area contributed by atoms with Crippen molar-refractivity contribution in [3.63, 3.8) is 0 Å². The van der Waals surface area contributed by atoms with E-state index in [0.717, 1.165) is 0 Å². The van der Waals surface area contributed by atoms with Gasteiger partial charge in [0.05, 0.1) is 11.2 Å². The molecule has 0 spiro atoms. The van der Waals surface area contributed by atoms with E-state index in [9.17, 15) is 26.4 Å². The first-order valence-electron chi connectivity index (χ1n) is 5.15. The van der Waals surface area contributed by atoms with Gasteiger partial charge in [0.25, 0.3) is 0 Å². The molecule has 96 valence electrons. The smallest absolute Gasteiger partial charge is 0.429 e. The molecule has 0 aromatic carbocycles. The van der Waals surface area contributed by atoms with E-state index in [2.05, 4.69) is 4.74 Å². The molecular formula is C9H9F3O4S. The SMILES string of the molecule is CC1C2C(=O)OC3(C(F)(F)F)CC1S(=O)(=O)C23. The number of carbonyl (C=O) groups excluding carboxylic acids is 1. The van der Waals surface area contributed by atoms with Crippen LogP contribution in [0.5, 0.6) is 0 Å². The predicted octanol–water partition coefficient (Wildman–Crippen LogP) is 0.666. The Kier molecular flexibility index (Phi) is 1.75. The summed E-state index contributed by atoms with van der Waals surface area (Å²) in [4.78, 5) is 11.5. The van der Waals surface area contributed by atoms with Crippen LogP contribution in [-0.2, 0) is 19.4 Å². The molecule has 3 aliphatic rings. The van der Waals surface area contributed by atoms with Gasteiger partial charge in [-0.05, 0) is 5.92 Å². The molecule has 0 amide bonds. The van der Waals surface area contributed by atoms with Crippen molar-refractivity contribution < 1.29 is 31.1 Å². The van der Waals surface area contributed by atoms with Crippen molar-refractivity contribution in [2.45, 2.75) is 35.6 Å². The van der Waals surface area contributed by atoms with Gasteiger partial charge in [0, 0.05) is 6.42 Å². The lowest BCUT2D eigenvalue weighted by atomic mass is 9.74. The van der Waals surface area contributed by atoms with Crippen LogP contribution in [0, 0.1) is 11.8 Å². The normalized spacial score (nSPS) is 50.7. The van der Waals surface area contributed by atoms with Crippen LogP contribution in [0.3, 0.4) is 0 Å². The highest BCUT2D eigenvalue weighted by Gasteiger charge is 2.84. The van der Waals surface area contributed by atoms with Crippen LogP contribution < -0.4 is 0 Å². The molecule has 5 unspecified atom stereocenters. The van der Waals surface area contributed by atoms with E-state index in [4.69, 9.17) is 0 Å². The first-order valence-corrected chi connectivity index (χ1v) is 6.76. The molecule has 2 bridgehead atoms. The summed E-state index contributed by atoms with van der Waals surface area (Å²) >= 11 is 0. The molecule has 4 nitrogen and oxygen atoms in total. The van der Waals surface area contributed by atoms with Gasteiger partial charge in [0.15, 0.2) is 9.84 Å². The Balaban J connectivity index is 2.24. The van der Waals surface area contributed by atoms with Gasteiger partial charge < -0.3 is 4.74 Å². The third kappa shape index (κ3) is 0.974. The lowest BCUT2D eigenvalue weighted by Crippen LogP contribution is -2.53. The number of carbonyl (C=O) groups is 1. The van der Waals surface area contributed by atoms with Crippen molar-refractivity contribution in [1.29, 1.82) is 0 Å². The summed E-state index contributed by atoms with van der Waals surface area (Å²) in [5, 5.41) is -2.84. The van der Waals surface area contributed by atoms with Gasteiger partial charge in [-0.3, -0.25) is 4.79 Å². The summed E-state index contributed by atoms with van der Waals surface area (Å²) in [5.41, 5.74) is -2.79. The van der Waals surface area contributed by atoms with Crippen LogP contribution >= 0.6 is 0 Å². The maximum atomic E-state index is 13.0. The summed E-state index contributed by atoms with van der Waals surface area (Å²) in [5.74, 6) is -2.76. The molecule has 3 aliphatic heterocycles. The summed E-state index contributed by atoms with van der Waals surface area (Å²) < 4.78 is 67.2. The van der Waals surface area contributed by atoms with Crippen molar-refractivity contribution >= 4 is 15.8 Å². The Bertz CT molecular complexity index is 511. The summed E-state index contributed by atoms with van der Waals surface area (Å²) in [6.45, 7) is 1.50. The number of hydrogen-bond donors (Lipinski definition) is 0. The minimum absolute atomic E-state index is 0.588. The van der Waals surface area contributed by atoms with Gasteiger partial charge in [-0.1, -0.05) is 6.92 Å². The second-order valence-electron chi connectivity index (χ2n) is 4.95. The topological polar surface area (TPSA) is 60.4 Å². The maximum Gasteiger partial charge on any atom is 0.429 e. The fraction of sp³-hybridized carbons (Fsp3) is 0.889. The second-order valence-corrected chi connectivity index (χ2v) is 7.24. The highest BCUT2D eigenvalue weighted by atomic mass is 32.2. The minimum atomic E-state index is -4.83. The molecule has 0 aromatic rings. The van der Waals surface area contributed by atoms with Gasteiger partial charge in [-0.15, -0.1) is 0 Å². The molecule has 0 saturated carbocycles. The molecule has 3 heterocycles. The van der Waals surface area contributed by atoms with Gasteiger partial charge in [-0.25, -0.2) is 8.42 Å². The Labute approximate surface area is 95.0 Å². The molecular weight excluding hydrogens is 261 g/mol. The summed E-state index contributed by atoms with van der Waals surface area (Å²) in [7, 11) is -3.92. The summed E-state index contributed by atoms with van der Waals surface area (Å²) in [6.07, 6.45) is -5.48. The number of sulfone groups is 1. The standard InChI is InChI=1S/C9H9F3O4S/c1-3-4-2-8(9(10,11)12)6(17(4,14)15)5(3)7(13)16-8/h3-6H,2H2,1H3. The molecule has 0 aromatic heterocycles. The third-order valence-corrected chi connectivity index (χ3v) is 7.08. The fourth-order valence-electron chi connectivity index (χ4n) is 3.49. The lowest BCUT2D eigenvalue weighted by Gasteiger charge is -2.31. The van der Waals surface area contributed by atoms with Gasteiger partial charge in [0.2, 0.25) is 5.60 Å². The Morgan fingerprint density at radius 2 is 2.00 bits per heavy atom. The van der Waals surface area contributed by atoms with E-state index in [0.29, 0.717) is 0 Å². The first-order chi connectivity index (χ1) is 7.63. The number of rotatable bonds is 0. The molecule has 0 radical (unpaired) electrons.